The molecule has 2 aliphatic heterocycles. The molecule has 0 aromatic heterocycles. The molecule has 0 bridgehead atoms. The fourth-order valence-electron chi connectivity index (χ4n) is 3.55. The molecule has 28 heavy (non-hydrogen) atoms. The van der Waals surface area contributed by atoms with E-state index in [1.807, 2.05) is 0 Å². The van der Waals surface area contributed by atoms with Crippen LogP contribution in [-0.2, 0) is 4.79 Å². The highest BCUT2D eigenvalue weighted by atomic mass is 35.5. The van der Waals surface area contributed by atoms with Gasteiger partial charge in [0.15, 0.2) is 0 Å². The third kappa shape index (κ3) is 3.51. The molecule has 1 unspecified atom stereocenters. The van der Waals surface area contributed by atoms with Gasteiger partial charge in [0.05, 0.1) is 11.1 Å². The Bertz CT molecular complexity index is 851. The van der Waals surface area contributed by atoms with Gasteiger partial charge in [0.25, 0.3) is 17.7 Å². The number of alkyl halides is 1. The van der Waals surface area contributed by atoms with Crippen LogP contribution < -0.4 is 0 Å². The molecular weight excluding hydrogens is 382 g/mol. The van der Waals surface area contributed by atoms with E-state index in [0.717, 1.165) is 0 Å². The number of nitrogens with zero attached hydrogens (tertiary/aromatic N) is 3. The summed E-state index contributed by atoms with van der Waals surface area (Å²) in [4.78, 5) is 54.6. The van der Waals surface area contributed by atoms with E-state index in [2.05, 4.69) is 0 Å². The molecule has 3 rings (SSSR count). The zero-order chi connectivity index (χ0) is 20.8. The van der Waals surface area contributed by atoms with Crippen LogP contribution in [0.3, 0.4) is 0 Å². The molecule has 2 heterocycles. The number of piperazine rings is 1. The van der Waals surface area contributed by atoms with E-state index in [0.29, 0.717) is 37.3 Å². The summed E-state index contributed by atoms with van der Waals surface area (Å²) in [6, 6.07) is 4.63. The summed E-state index contributed by atoms with van der Waals surface area (Å²) in [6.45, 7) is 8.64. The molecule has 1 saturated heterocycles. The second kappa shape index (κ2) is 7.20. The number of rotatable bonds is 2. The van der Waals surface area contributed by atoms with E-state index in [4.69, 9.17) is 11.6 Å². The lowest BCUT2D eigenvalue weighted by atomic mass is 10.0. The minimum Gasteiger partial charge on any atom is -0.338 e. The molecule has 4 amide bonds. The number of imide groups is 1. The van der Waals surface area contributed by atoms with Crippen LogP contribution >= 0.6 is 11.6 Å². The normalized spacial score (nSPS) is 18.4. The van der Waals surface area contributed by atoms with Crippen molar-refractivity contribution in [2.45, 2.75) is 38.6 Å². The van der Waals surface area contributed by atoms with Crippen LogP contribution in [0.4, 0.5) is 0 Å². The Balaban J connectivity index is 1.76. The van der Waals surface area contributed by atoms with Crippen molar-refractivity contribution in [1.29, 1.82) is 0 Å². The Labute approximate surface area is 169 Å². The average Bonchev–Trinajstić information content (AvgIpc) is 2.90. The van der Waals surface area contributed by atoms with E-state index in [1.165, 1.54) is 11.0 Å². The lowest BCUT2D eigenvalue weighted by Gasteiger charge is -2.35. The summed E-state index contributed by atoms with van der Waals surface area (Å²) in [5.74, 6) is -1.08. The predicted molar refractivity (Wildman–Crippen MR) is 104 cm³/mol. The number of carbonyl (C=O) groups excluding carboxylic acids is 4. The molecule has 150 valence electrons. The lowest BCUT2D eigenvalue weighted by molar-refractivity contribution is -0.131. The fourth-order valence-corrected chi connectivity index (χ4v) is 3.69. The molecule has 7 nitrogen and oxygen atoms in total. The summed E-state index contributed by atoms with van der Waals surface area (Å²) in [5.41, 5.74) is 0.305. The Morgan fingerprint density at radius 2 is 1.50 bits per heavy atom. The Kier molecular flexibility index (Phi) is 5.23. The minimum absolute atomic E-state index is 0.141. The van der Waals surface area contributed by atoms with E-state index in [1.54, 1.807) is 49.6 Å². The smallest absolute Gasteiger partial charge is 0.262 e. The molecule has 1 fully saturated rings. The maximum Gasteiger partial charge on any atom is 0.262 e. The van der Waals surface area contributed by atoms with Crippen LogP contribution in [0.2, 0.25) is 0 Å². The maximum atomic E-state index is 12.9. The third-order valence-corrected chi connectivity index (χ3v) is 5.21. The summed E-state index contributed by atoms with van der Waals surface area (Å²) < 4.78 is 0. The van der Waals surface area contributed by atoms with Gasteiger partial charge < -0.3 is 9.80 Å². The molecule has 1 aromatic carbocycles. The average molecular weight is 406 g/mol. The van der Waals surface area contributed by atoms with Gasteiger partial charge >= 0.3 is 0 Å². The van der Waals surface area contributed by atoms with Crippen LogP contribution in [0.5, 0.6) is 0 Å². The first-order valence-electron chi connectivity index (χ1n) is 9.27. The van der Waals surface area contributed by atoms with Crippen molar-refractivity contribution < 1.29 is 19.2 Å². The Hall–Kier alpha value is -2.41. The minimum atomic E-state index is -0.639. The van der Waals surface area contributed by atoms with E-state index in [9.17, 15) is 19.2 Å². The molecule has 8 heteroatoms. The molecule has 0 radical (unpaired) electrons. The highest BCUT2D eigenvalue weighted by Gasteiger charge is 2.42. The largest absolute Gasteiger partial charge is 0.338 e. The van der Waals surface area contributed by atoms with E-state index < -0.39 is 10.9 Å². The van der Waals surface area contributed by atoms with Gasteiger partial charge in [-0.1, -0.05) is 0 Å². The SMILES string of the molecule is CC(Cl)C(=O)N1CCN(C(=O)c2ccc3c(c2)C(=O)N(C(C)(C)C)C3=O)CC1. The van der Waals surface area contributed by atoms with Gasteiger partial charge in [0.1, 0.15) is 5.38 Å². The molecule has 2 aliphatic rings. The lowest BCUT2D eigenvalue weighted by Crippen LogP contribution is -2.52. The van der Waals surface area contributed by atoms with Crippen LogP contribution in [0.15, 0.2) is 18.2 Å². The van der Waals surface area contributed by atoms with Crippen molar-refractivity contribution in [2.24, 2.45) is 0 Å². The monoisotopic (exact) mass is 405 g/mol. The number of hydrogen-bond acceptors (Lipinski definition) is 4. The van der Waals surface area contributed by atoms with Crippen molar-refractivity contribution in [3.63, 3.8) is 0 Å². The van der Waals surface area contributed by atoms with E-state index >= 15 is 0 Å². The zero-order valence-electron chi connectivity index (χ0n) is 16.5. The van der Waals surface area contributed by atoms with Gasteiger partial charge in [0.2, 0.25) is 5.91 Å². The molecule has 0 saturated carbocycles. The zero-order valence-corrected chi connectivity index (χ0v) is 17.2. The van der Waals surface area contributed by atoms with Gasteiger partial charge in [-0.2, -0.15) is 0 Å². The summed E-state index contributed by atoms with van der Waals surface area (Å²) in [7, 11) is 0. The van der Waals surface area contributed by atoms with Crippen molar-refractivity contribution in [1.82, 2.24) is 14.7 Å². The molecule has 0 spiro atoms. The molecule has 1 atom stereocenters. The van der Waals surface area contributed by atoms with Crippen LogP contribution in [-0.4, -0.2) is 75.4 Å². The fraction of sp³-hybridized carbons (Fsp3) is 0.500. The quantitative estimate of drug-likeness (QED) is 0.557. The van der Waals surface area contributed by atoms with Crippen LogP contribution in [0.1, 0.15) is 58.8 Å². The number of benzene rings is 1. The number of halogens is 1. The van der Waals surface area contributed by atoms with Gasteiger partial charge in [-0.25, -0.2) is 0 Å². The highest BCUT2D eigenvalue weighted by molar-refractivity contribution is 6.30. The first-order chi connectivity index (χ1) is 13.0. The highest BCUT2D eigenvalue weighted by Crippen LogP contribution is 2.30. The van der Waals surface area contributed by atoms with Crippen molar-refractivity contribution >= 4 is 35.2 Å². The summed E-state index contributed by atoms with van der Waals surface area (Å²) >= 11 is 5.84. The van der Waals surface area contributed by atoms with Crippen molar-refractivity contribution in [2.75, 3.05) is 26.2 Å². The molecular formula is C20H24ClN3O4. The molecule has 0 aliphatic carbocycles. The summed E-state index contributed by atoms with van der Waals surface area (Å²) in [5, 5.41) is -0.590. The predicted octanol–water partition coefficient (Wildman–Crippen LogP) is 1.99. The maximum absolute atomic E-state index is 12.9. The van der Waals surface area contributed by atoms with Gasteiger partial charge in [-0.15, -0.1) is 11.6 Å². The topological polar surface area (TPSA) is 78.0 Å². The summed E-state index contributed by atoms with van der Waals surface area (Å²) in [6.07, 6.45) is 0. The van der Waals surface area contributed by atoms with Gasteiger partial charge in [0, 0.05) is 37.3 Å². The second-order valence-electron chi connectivity index (χ2n) is 8.11. The van der Waals surface area contributed by atoms with Crippen molar-refractivity contribution in [3.05, 3.63) is 34.9 Å². The number of carbonyl (C=O) groups is 4. The number of amides is 4. The van der Waals surface area contributed by atoms with Gasteiger partial charge in [-0.3, -0.25) is 24.1 Å². The molecule has 0 N–H and O–H groups in total. The first kappa shape index (κ1) is 20.3. The van der Waals surface area contributed by atoms with Crippen LogP contribution in [0, 0.1) is 0 Å². The van der Waals surface area contributed by atoms with Crippen LogP contribution in [0.25, 0.3) is 0 Å². The Morgan fingerprint density at radius 1 is 0.964 bits per heavy atom. The molecule has 1 aromatic rings. The number of fused-ring (bicyclic) bond motifs is 1. The van der Waals surface area contributed by atoms with Crippen molar-refractivity contribution in [3.8, 4) is 0 Å². The third-order valence-electron chi connectivity index (χ3n) is 5.02. The first-order valence-corrected chi connectivity index (χ1v) is 9.71. The second-order valence-corrected chi connectivity index (χ2v) is 8.77. The van der Waals surface area contributed by atoms with Gasteiger partial charge in [-0.05, 0) is 45.9 Å². The Morgan fingerprint density at radius 3 is 2.04 bits per heavy atom. The standard InChI is InChI=1S/C20H24ClN3O4/c1-12(21)16(25)22-7-9-23(10-8-22)17(26)13-5-6-14-15(11-13)19(28)24(18(14)27)20(2,3)4/h5-6,11-12H,7-10H2,1-4H3. The van der Waals surface area contributed by atoms with E-state index in [-0.39, 0.29) is 29.2 Å². The number of hydrogen-bond donors (Lipinski definition) is 0.